The zero-order chi connectivity index (χ0) is 13.0. The second kappa shape index (κ2) is 14.5. The van der Waals surface area contributed by atoms with Gasteiger partial charge in [-0.05, 0) is 25.7 Å². The van der Waals surface area contributed by atoms with E-state index >= 15 is 0 Å². The standard InChI is InChI=1S/C16H36P.Ru/c1-5-9-13-17(14-10-6-2,15-11-7-3)16-12-8-4;/h5-16H2,1-4H3;/q+1;+2. The minimum Gasteiger partial charge on any atom is -0.0652 e. The molecule has 0 aromatic carbocycles. The minimum absolute atomic E-state index is 0. The van der Waals surface area contributed by atoms with Gasteiger partial charge in [0.15, 0.2) is 0 Å². The average Bonchev–Trinajstić information content (AvgIpc) is 2.37. The van der Waals surface area contributed by atoms with Crippen molar-refractivity contribution in [3.05, 3.63) is 0 Å². The van der Waals surface area contributed by atoms with E-state index in [0.29, 0.717) is 0 Å². The van der Waals surface area contributed by atoms with Gasteiger partial charge in [-0.3, -0.25) is 0 Å². The van der Waals surface area contributed by atoms with Crippen LogP contribution in [-0.4, -0.2) is 24.6 Å². The first-order valence-electron chi connectivity index (χ1n) is 8.09. The van der Waals surface area contributed by atoms with Gasteiger partial charge >= 0.3 is 19.5 Å². The van der Waals surface area contributed by atoms with Gasteiger partial charge in [0.1, 0.15) is 0 Å². The summed E-state index contributed by atoms with van der Waals surface area (Å²) in [4.78, 5) is 0. The molecule has 0 saturated heterocycles. The molecule has 0 saturated carbocycles. The van der Waals surface area contributed by atoms with Gasteiger partial charge in [-0.2, -0.15) is 0 Å². The van der Waals surface area contributed by atoms with E-state index in [2.05, 4.69) is 27.7 Å². The van der Waals surface area contributed by atoms with Gasteiger partial charge < -0.3 is 0 Å². The van der Waals surface area contributed by atoms with Crippen LogP contribution < -0.4 is 0 Å². The van der Waals surface area contributed by atoms with Crippen molar-refractivity contribution in [2.24, 2.45) is 0 Å². The molecule has 2 heteroatoms. The van der Waals surface area contributed by atoms with Gasteiger partial charge in [0.05, 0.1) is 24.6 Å². The molecule has 0 aromatic rings. The van der Waals surface area contributed by atoms with Crippen molar-refractivity contribution in [3.63, 3.8) is 0 Å². The Labute approximate surface area is 130 Å². The fourth-order valence-electron chi connectivity index (χ4n) is 2.64. The van der Waals surface area contributed by atoms with Crippen LogP contribution in [0.2, 0.25) is 0 Å². The molecule has 0 amide bonds. The summed E-state index contributed by atoms with van der Waals surface area (Å²) >= 11 is 0. The first kappa shape index (κ1) is 21.4. The van der Waals surface area contributed by atoms with Crippen molar-refractivity contribution in [2.75, 3.05) is 24.6 Å². The maximum Gasteiger partial charge on any atom is 2.00 e. The average molecular weight is 361 g/mol. The molecule has 0 aliphatic heterocycles. The van der Waals surface area contributed by atoms with E-state index in [9.17, 15) is 0 Å². The summed E-state index contributed by atoms with van der Waals surface area (Å²) in [6, 6.07) is 0. The normalized spacial score (nSPS) is 11.3. The Kier molecular flexibility index (Phi) is 17.2. The van der Waals surface area contributed by atoms with Crippen molar-refractivity contribution in [1.29, 1.82) is 0 Å². The minimum atomic E-state index is -0.562. The maximum absolute atomic E-state index is 2.36. The van der Waals surface area contributed by atoms with E-state index in [4.69, 9.17) is 0 Å². The van der Waals surface area contributed by atoms with Crippen molar-refractivity contribution in [2.45, 2.75) is 79.1 Å². The second-order valence-corrected chi connectivity index (χ2v) is 10.1. The van der Waals surface area contributed by atoms with Gasteiger partial charge in [-0.1, -0.05) is 53.4 Å². The number of hydrogen-bond acceptors (Lipinski definition) is 0. The van der Waals surface area contributed by atoms with Crippen LogP contribution in [0.1, 0.15) is 79.1 Å². The molecule has 0 rings (SSSR count). The van der Waals surface area contributed by atoms with Gasteiger partial charge in [-0.25, -0.2) is 0 Å². The van der Waals surface area contributed by atoms with E-state index in [-0.39, 0.29) is 19.5 Å². The third-order valence-corrected chi connectivity index (χ3v) is 9.00. The van der Waals surface area contributed by atoms with Crippen LogP contribution in [0.25, 0.3) is 0 Å². The zero-order valence-electron chi connectivity index (χ0n) is 13.3. The summed E-state index contributed by atoms with van der Waals surface area (Å²) in [5, 5.41) is 0. The van der Waals surface area contributed by atoms with Crippen LogP contribution in [0.5, 0.6) is 0 Å². The Bertz CT molecular complexity index is 122. The fourth-order valence-corrected chi connectivity index (χ4v) is 7.93. The van der Waals surface area contributed by atoms with E-state index < -0.39 is 7.26 Å². The van der Waals surface area contributed by atoms with Crippen LogP contribution in [0, 0.1) is 0 Å². The van der Waals surface area contributed by atoms with Gasteiger partial charge in [0.2, 0.25) is 0 Å². The molecule has 110 valence electrons. The second-order valence-electron chi connectivity index (χ2n) is 5.65. The Balaban J connectivity index is 0. The van der Waals surface area contributed by atoms with E-state index in [1.807, 2.05) is 0 Å². The SMILES string of the molecule is CCCC[P+](CCCC)(CCCC)CCCC.[Ru+2]. The molecule has 0 atom stereocenters. The molecule has 0 aliphatic rings. The first-order valence-corrected chi connectivity index (χ1v) is 10.6. The maximum atomic E-state index is 2.36. The third kappa shape index (κ3) is 9.92. The summed E-state index contributed by atoms with van der Waals surface area (Å²) < 4.78 is 0. The van der Waals surface area contributed by atoms with Crippen LogP contribution in [-0.2, 0) is 19.5 Å². The fraction of sp³-hybridized carbons (Fsp3) is 1.00. The van der Waals surface area contributed by atoms with Gasteiger partial charge in [0.25, 0.3) is 0 Å². The van der Waals surface area contributed by atoms with Gasteiger partial charge in [0, 0.05) is 7.26 Å². The monoisotopic (exact) mass is 361 g/mol. The summed E-state index contributed by atoms with van der Waals surface area (Å²) in [6.45, 7) is 9.42. The smallest absolute Gasteiger partial charge is 0.0652 e. The van der Waals surface area contributed by atoms with Crippen molar-refractivity contribution in [1.82, 2.24) is 0 Å². The topological polar surface area (TPSA) is 0 Å². The molecular weight excluding hydrogens is 324 g/mol. The molecule has 0 radical (unpaired) electrons. The van der Waals surface area contributed by atoms with Crippen LogP contribution >= 0.6 is 7.26 Å². The number of rotatable bonds is 12. The van der Waals surface area contributed by atoms with E-state index in [1.165, 1.54) is 51.4 Å². The van der Waals surface area contributed by atoms with Crippen LogP contribution in [0.3, 0.4) is 0 Å². The molecule has 0 bridgehead atoms. The van der Waals surface area contributed by atoms with E-state index in [0.717, 1.165) is 0 Å². The summed E-state index contributed by atoms with van der Waals surface area (Å²) in [6.07, 6.45) is 17.9. The Morgan fingerprint density at radius 3 is 0.889 bits per heavy atom. The van der Waals surface area contributed by atoms with E-state index in [1.54, 1.807) is 24.6 Å². The van der Waals surface area contributed by atoms with Crippen molar-refractivity contribution < 1.29 is 19.5 Å². The molecule has 0 spiro atoms. The molecular formula is C16H36PRu+3. The quantitative estimate of drug-likeness (QED) is 0.287. The third-order valence-electron chi connectivity index (χ3n) is 3.94. The number of hydrogen-bond donors (Lipinski definition) is 0. The summed E-state index contributed by atoms with van der Waals surface area (Å²) in [7, 11) is -0.562. The molecule has 0 heterocycles. The van der Waals surface area contributed by atoms with Crippen molar-refractivity contribution in [3.8, 4) is 0 Å². The molecule has 18 heavy (non-hydrogen) atoms. The summed E-state index contributed by atoms with van der Waals surface area (Å²) in [5.41, 5.74) is 0. The molecule has 0 nitrogen and oxygen atoms in total. The molecule has 0 fully saturated rings. The number of unbranched alkanes of at least 4 members (excludes halogenated alkanes) is 4. The van der Waals surface area contributed by atoms with Crippen molar-refractivity contribution >= 4 is 7.26 Å². The molecule has 0 N–H and O–H groups in total. The zero-order valence-corrected chi connectivity index (χ0v) is 15.9. The Hall–Kier alpha value is 1.05. The predicted octanol–water partition coefficient (Wildman–Crippen LogP) is 6.20. The molecule has 0 unspecified atom stereocenters. The van der Waals surface area contributed by atoms with Gasteiger partial charge in [-0.15, -0.1) is 0 Å². The Morgan fingerprint density at radius 2 is 0.722 bits per heavy atom. The molecule has 0 aliphatic carbocycles. The summed E-state index contributed by atoms with van der Waals surface area (Å²) in [5.74, 6) is 0. The predicted molar refractivity (Wildman–Crippen MR) is 86.0 cm³/mol. The largest absolute Gasteiger partial charge is 2.00 e. The first-order chi connectivity index (χ1) is 8.24. The van der Waals surface area contributed by atoms with Crippen LogP contribution in [0.4, 0.5) is 0 Å². The van der Waals surface area contributed by atoms with Crippen LogP contribution in [0.15, 0.2) is 0 Å². The Morgan fingerprint density at radius 1 is 0.500 bits per heavy atom. The molecule has 0 aromatic heterocycles.